The van der Waals surface area contributed by atoms with E-state index in [-0.39, 0.29) is 23.9 Å². The zero-order chi connectivity index (χ0) is 22.9. The van der Waals surface area contributed by atoms with Gasteiger partial charge in [0.25, 0.3) is 0 Å². The molecule has 3 N–H and O–H groups in total. The topological polar surface area (TPSA) is 99.1 Å². The van der Waals surface area contributed by atoms with Crippen LogP contribution in [0.5, 0.6) is 0 Å². The van der Waals surface area contributed by atoms with E-state index in [2.05, 4.69) is 11.4 Å². The molecule has 1 unspecified atom stereocenters. The summed E-state index contributed by atoms with van der Waals surface area (Å²) in [6, 6.07) is 5.31. The van der Waals surface area contributed by atoms with Crippen LogP contribution in [0.25, 0.3) is 11.0 Å². The standard InChI is InChI=1S/C25H38N4O3/c1-28-23-19(13-10-8-6-4-2-3-5-7-9-11-18-26)14-12-15-20(23)29(25(28)32)21-16-17-22(30)27-24(21)31/h12,14-15,21H,2-11,13,16-18,26H2,1H3,(H,27,30,31). The van der Waals surface area contributed by atoms with E-state index in [0.717, 1.165) is 42.4 Å². The summed E-state index contributed by atoms with van der Waals surface area (Å²) in [5.41, 5.74) is 8.15. The highest BCUT2D eigenvalue weighted by Gasteiger charge is 2.31. The van der Waals surface area contributed by atoms with Crippen molar-refractivity contribution in [1.29, 1.82) is 0 Å². The minimum absolute atomic E-state index is 0.201. The average molecular weight is 443 g/mol. The van der Waals surface area contributed by atoms with E-state index in [1.54, 1.807) is 16.2 Å². The molecule has 1 aromatic heterocycles. The number of nitrogens with one attached hydrogen (secondary N) is 1. The van der Waals surface area contributed by atoms with Crippen molar-refractivity contribution in [3.05, 3.63) is 34.2 Å². The van der Waals surface area contributed by atoms with Crippen molar-refractivity contribution in [1.82, 2.24) is 14.5 Å². The first kappa shape index (κ1) is 24.2. The lowest BCUT2D eigenvalue weighted by Gasteiger charge is -2.21. The Labute approximate surface area is 190 Å². The van der Waals surface area contributed by atoms with E-state index in [4.69, 9.17) is 5.73 Å². The van der Waals surface area contributed by atoms with Gasteiger partial charge in [-0.05, 0) is 43.9 Å². The number of unbranched alkanes of at least 4 members (excludes halogenated alkanes) is 9. The number of carbonyl (C=O) groups is 2. The van der Waals surface area contributed by atoms with Crippen molar-refractivity contribution in [2.75, 3.05) is 6.54 Å². The molecule has 0 radical (unpaired) electrons. The summed E-state index contributed by atoms with van der Waals surface area (Å²) in [7, 11) is 1.77. The summed E-state index contributed by atoms with van der Waals surface area (Å²) in [4.78, 5) is 36.9. The molecular weight excluding hydrogens is 404 g/mol. The van der Waals surface area contributed by atoms with Gasteiger partial charge in [0.2, 0.25) is 11.8 Å². The number of para-hydroxylation sites is 1. The maximum atomic E-state index is 13.0. The van der Waals surface area contributed by atoms with E-state index < -0.39 is 6.04 Å². The van der Waals surface area contributed by atoms with Crippen molar-refractivity contribution in [3.8, 4) is 0 Å². The fourth-order valence-corrected chi connectivity index (χ4v) is 4.83. The molecule has 0 aliphatic carbocycles. The number of fused-ring (bicyclic) bond motifs is 1. The number of aryl methyl sites for hydroxylation is 2. The van der Waals surface area contributed by atoms with Gasteiger partial charge in [0.1, 0.15) is 6.04 Å². The maximum absolute atomic E-state index is 13.0. The molecule has 2 amide bonds. The van der Waals surface area contributed by atoms with Crippen LogP contribution in [-0.4, -0.2) is 27.5 Å². The van der Waals surface area contributed by atoms with E-state index in [1.807, 2.05) is 12.1 Å². The zero-order valence-corrected chi connectivity index (χ0v) is 19.4. The molecule has 1 aliphatic heterocycles. The molecular formula is C25H38N4O3. The molecule has 3 rings (SSSR count). The Balaban J connectivity index is 1.54. The number of nitrogens with two attached hydrogens (primary N) is 1. The van der Waals surface area contributed by atoms with Crippen LogP contribution in [0.1, 0.15) is 88.7 Å². The Kier molecular flexibility index (Phi) is 9.09. The number of imidazole rings is 1. The van der Waals surface area contributed by atoms with Gasteiger partial charge >= 0.3 is 5.69 Å². The fourth-order valence-electron chi connectivity index (χ4n) is 4.83. The lowest BCUT2D eigenvalue weighted by atomic mass is 10.0. The summed E-state index contributed by atoms with van der Waals surface area (Å²) < 4.78 is 3.22. The number of amides is 2. The normalized spacial score (nSPS) is 16.6. The monoisotopic (exact) mass is 442 g/mol. The molecule has 1 aromatic carbocycles. The van der Waals surface area contributed by atoms with Crippen LogP contribution in [0.3, 0.4) is 0 Å². The molecule has 1 atom stereocenters. The number of rotatable bonds is 13. The molecule has 0 saturated carbocycles. The summed E-state index contributed by atoms with van der Waals surface area (Å²) in [6.45, 7) is 0.809. The molecule has 2 aromatic rings. The summed E-state index contributed by atoms with van der Waals surface area (Å²) in [6.07, 6.45) is 14.0. The van der Waals surface area contributed by atoms with Crippen LogP contribution < -0.4 is 16.7 Å². The number of hydrogen-bond donors (Lipinski definition) is 2. The molecule has 32 heavy (non-hydrogen) atoms. The molecule has 7 nitrogen and oxygen atoms in total. The third-order valence-corrected chi connectivity index (χ3v) is 6.61. The highest BCUT2D eigenvalue weighted by Crippen LogP contribution is 2.26. The van der Waals surface area contributed by atoms with E-state index >= 15 is 0 Å². The number of piperidine rings is 1. The number of benzene rings is 1. The predicted octanol–water partition coefficient (Wildman–Crippen LogP) is 3.72. The van der Waals surface area contributed by atoms with Gasteiger partial charge in [0.15, 0.2) is 0 Å². The van der Waals surface area contributed by atoms with Crippen LogP contribution >= 0.6 is 0 Å². The SMILES string of the molecule is Cn1c(=O)n(C2CCC(=O)NC2=O)c2cccc(CCCCCCCCCCCCN)c21. The molecule has 7 heteroatoms. The lowest BCUT2D eigenvalue weighted by Crippen LogP contribution is -2.44. The first-order valence-electron chi connectivity index (χ1n) is 12.3. The average Bonchev–Trinajstić information content (AvgIpc) is 3.03. The molecule has 2 heterocycles. The summed E-state index contributed by atoms with van der Waals surface area (Å²) in [5.74, 6) is -0.660. The molecule has 1 saturated heterocycles. The van der Waals surface area contributed by atoms with Gasteiger partial charge in [0.05, 0.1) is 11.0 Å². The highest BCUT2D eigenvalue weighted by atomic mass is 16.2. The third-order valence-electron chi connectivity index (χ3n) is 6.61. The maximum Gasteiger partial charge on any atom is 0.329 e. The second-order valence-electron chi connectivity index (χ2n) is 9.04. The molecule has 0 spiro atoms. The van der Waals surface area contributed by atoms with Gasteiger partial charge in [-0.2, -0.15) is 0 Å². The number of nitrogens with zero attached hydrogens (tertiary/aromatic N) is 2. The molecule has 1 fully saturated rings. The van der Waals surface area contributed by atoms with Crippen molar-refractivity contribution in [2.24, 2.45) is 12.8 Å². The number of hydrogen-bond acceptors (Lipinski definition) is 4. The van der Waals surface area contributed by atoms with Crippen LogP contribution in [0.15, 0.2) is 23.0 Å². The van der Waals surface area contributed by atoms with Crippen molar-refractivity contribution in [2.45, 2.75) is 89.5 Å². The minimum Gasteiger partial charge on any atom is -0.330 e. The Morgan fingerprint density at radius 1 is 0.938 bits per heavy atom. The van der Waals surface area contributed by atoms with Gasteiger partial charge in [-0.3, -0.25) is 24.0 Å². The second-order valence-corrected chi connectivity index (χ2v) is 9.04. The van der Waals surface area contributed by atoms with Crippen molar-refractivity contribution < 1.29 is 9.59 Å². The van der Waals surface area contributed by atoms with Gasteiger partial charge in [-0.15, -0.1) is 0 Å². The van der Waals surface area contributed by atoms with Crippen LogP contribution in [0.2, 0.25) is 0 Å². The smallest absolute Gasteiger partial charge is 0.329 e. The first-order valence-corrected chi connectivity index (χ1v) is 12.3. The predicted molar refractivity (Wildman–Crippen MR) is 128 cm³/mol. The number of carbonyl (C=O) groups excluding carboxylic acids is 2. The molecule has 176 valence electrons. The van der Waals surface area contributed by atoms with Crippen LogP contribution in [0.4, 0.5) is 0 Å². The van der Waals surface area contributed by atoms with Crippen molar-refractivity contribution >= 4 is 22.8 Å². The van der Waals surface area contributed by atoms with Gasteiger partial charge in [-0.25, -0.2) is 4.79 Å². The Hall–Kier alpha value is -2.41. The molecule has 1 aliphatic rings. The van der Waals surface area contributed by atoms with E-state index in [1.165, 1.54) is 51.4 Å². The summed E-state index contributed by atoms with van der Waals surface area (Å²) in [5, 5.41) is 2.37. The third kappa shape index (κ3) is 5.88. The first-order chi connectivity index (χ1) is 15.5. The zero-order valence-electron chi connectivity index (χ0n) is 19.4. The Morgan fingerprint density at radius 2 is 1.56 bits per heavy atom. The quantitative estimate of drug-likeness (QED) is 0.365. The van der Waals surface area contributed by atoms with Crippen LogP contribution in [0, 0.1) is 0 Å². The fraction of sp³-hybridized carbons (Fsp3) is 0.640. The van der Waals surface area contributed by atoms with E-state index in [9.17, 15) is 14.4 Å². The van der Waals surface area contributed by atoms with Gasteiger partial charge < -0.3 is 5.73 Å². The van der Waals surface area contributed by atoms with Gasteiger partial charge in [0, 0.05) is 13.5 Å². The highest BCUT2D eigenvalue weighted by molar-refractivity contribution is 6.00. The lowest BCUT2D eigenvalue weighted by molar-refractivity contribution is -0.135. The summed E-state index contributed by atoms with van der Waals surface area (Å²) >= 11 is 0. The minimum atomic E-state index is -0.630. The van der Waals surface area contributed by atoms with Gasteiger partial charge in [-0.1, -0.05) is 63.5 Å². The molecule has 0 bridgehead atoms. The Morgan fingerprint density at radius 3 is 2.19 bits per heavy atom. The van der Waals surface area contributed by atoms with Crippen molar-refractivity contribution in [3.63, 3.8) is 0 Å². The number of aromatic nitrogens is 2. The van der Waals surface area contributed by atoms with Crippen LogP contribution in [-0.2, 0) is 23.1 Å². The largest absolute Gasteiger partial charge is 0.330 e. The Bertz CT molecular complexity index is 975. The number of imide groups is 1. The van der Waals surface area contributed by atoms with E-state index in [0.29, 0.717) is 6.42 Å². The second kappa shape index (κ2) is 12.0.